The quantitative estimate of drug-likeness (QED) is 0.557. The van der Waals surface area contributed by atoms with Crippen LogP contribution in [0.25, 0.3) is 21.9 Å². The molecule has 0 radical (unpaired) electrons. The Hall–Kier alpha value is -2.79. The number of aromatic amines is 1. The van der Waals surface area contributed by atoms with Gasteiger partial charge in [0.1, 0.15) is 0 Å². The summed E-state index contributed by atoms with van der Waals surface area (Å²) in [4.78, 5) is 20.0. The SMILES string of the molecule is CCn1c(Cl)nc2cc(C(=O)NCCc3c[nH]c4ccccc34)ccc21. The van der Waals surface area contributed by atoms with E-state index in [0.717, 1.165) is 29.5 Å². The second kappa shape index (κ2) is 6.84. The van der Waals surface area contributed by atoms with Crippen molar-refractivity contribution in [2.45, 2.75) is 19.9 Å². The molecule has 0 bridgehead atoms. The van der Waals surface area contributed by atoms with Gasteiger partial charge in [0, 0.05) is 35.8 Å². The van der Waals surface area contributed by atoms with Gasteiger partial charge in [-0.2, -0.15) is 0 Å². The lowest BCUT2D eigenvalue weighted by Crippen LogP contribution is -2.25. The van der Waals surface area contributed by atoms with Crippen LogP contribution in [0.5, 0.6) is 0 Å². The van der Waals surface area contributed by atoms with Crippen LogP contribution in [0.4, 0.5) is 0 Å². The summed E-state index contributed by atoms with van der Waals surface area (Å²) in [7, 11) is 0. The third kappa shape index (κ3) is 2.95. The van der Waals surface area contributed by atoms with Gasteiger partial charge in [-0.1, -0.05) is 18.2 Å². The molecule has 2 aromatic heterocycles. The largest absolute Gasteiger partial charge is 0.361 e. The number of H-pyrrole nitrogens is 1. The van der Waals surface area contributed by atoms with E-state index in [1.54, 1.807) is 6.07 Å². The molecule has 0 fully saturated rings. The molecule has 0 spiro atoms. The number of nitrogens with one attached hydrogen (secondary N) is 2. The first-order valence-electron chi connectivity index (χ1n) is 8.66. The predicted molar refractivity (Wildman–Crippen MR) is 105 cm³/mol. The average molecular weight is 367 g/mol. The van der Waals surface area contributed by atoms with Crippen LogP contribution in [0.15, 0.2) is 48.7 Å². The second-order valence-corrected chi connectivity index (χ2v) is 6.53. The Labute approximate surface area is 156 Å². The molecule has 132 valence electrons. The Bertz CT molecular complexity index is 1100. The fourth-order valence-electron chi connectivity index (χ4n) is 3.29. The van der Waals surface area contributed by atoms with Crippen molar-refractivity contribution in [2.24, 2.45) is 0 Å². The van der Waals surface area contributed by atoms with Gasteiger partial charge in [-0.3, -0.25) is 4.79 Å². The molecule has 6 heteroatoms. The maximum atomic E-state index is 12.5. The van der Waals surface area contributed by atoms with Gasteiger partial charge in [-0.25, -0.2) is 4.98 Å². The topological polar surface area (TPSA) is 62.7 Å². The van der Waals surface area contributed by atoms with Crippen molar-refractivity contribution in [1.82, 2.24) is 19.9 Å². The standard InChI is InChI=1S/C20H19ClN4O/c1-2-25-18-8-7-13(11-17(18)24-20(25)21)19(26)22-10-9-14-12-23-16-6-4-3-5-15(14)16/h3-8,11-12,23H,2,9-10H2,1H3,(H,22,26). The zero-order valence-electron chi connectivity index (χ0n) is 14.4. The minimum atomic E-state index is -0.103. The first-order valence-corrected chi connectivity index (χ1v) is 9.04. The van der Waals surface area contributed by atoms with Gasteiger partial charge in [0.25, 0.3) is 5.91 Å². The Morgan fingerprint density at radius 3 is 2.96 bits per heavy atom. The highest BCUT2D eigenvalue weighted by Crippen LogP contribution is 2.21. The van der Waals surface area contributed by atoms with E-state index in [1.807, 2.05) is 48.0 Å². The number of aryl methyl sites for hydroxylation is 1. The third-order valence-electron chi connectivity index (χ3n) is 4.63. The normalized spacial score (nSPS) is 11.3. The van der Waals surface area contributed by atoms with Crippen molar-refractivity contribution in [3.8, 4) is 0 Å². The number of carbonyl (C=O) groups is 1. The summed E-state index contributed by atoms with van der Waals surface area (Å²) in [6, 6.07) is 13.7. The van der Waals surface area contributed by atoms with E-state index in [4.69, 9.17) is 11.6 Å². The monoisotopic (exact) mass is 366 g/mol. The maximum Gasteiger partial charge on any atom is 0.251 e. The fraction of sp³-hybridized carbons (Fsp3) is 0.200. The number of aromatic nitrogens is 3. The molecule has 4 rings (SSSR count). The molecule has 0 aliphatic heterocycles. The summed E-state index contributed by atoms with van der Waals surface area (Å²) in [5.74, 6) is -0.103. The van der Waals surface area contributed by atoms with Crippen LogP contribution >= 0.6 is 11.6 Å². The molecule has 4 aromatic rings. The van der Waals surface area contributed by atoms with E-state index in [-0.39, 0.29) is 5.91 Å². The Morgan fingerprint density at radius 2 is 2.12 bits per heavy atom. The minimum absolute atomic E-state index is 0.103. The number of benzene rings is 2. The number of amides is 1. The molecule has 0 unspecified atom stereocenters. The van der Waals surface area contributed by atoms with Crippen LogP contribution in [0.2, 0.25) is 5.28 Å². The van der Waals surface area contributed by atoms with Gasteiger partial charge in [0.05, 0.1) is 11.0 Å². The van der Waals surface area contributed by atoms with E-state index >= 15 is 0 Å². The number of rotatable bonds is 5. The molecule has 0 saturated heterocycles. The number of para-hydroxylation sites is 1. The van der Waals surface area contributed by atoms with E-state index in [9.17, 15) is 4.79 Å². The molecule has 2 heterocycles. The first kappa shape index (κ1) is 16.7. The summed E-state index contributed by atoms with van der Waals surface area (Å²) < 4.78 is 1.91. The highest BCUT2D eigenvalue weighted by molar-refractivity contribution is 6.29. The summed E-state index contributed by atoms with van der Waals surface area (Å²) in [6.07, 6.45) is 2.77. The maximum absolute atomic E-state index is 12.5. The van der Waals surface area contributed by atoms with Crippen molar-refractivity contribution in [1.29, 1.82) is 0 Å². The van der Waals surface area contributed by atoms with Crippen LogP contribution in [0.3, 0.4) is 0 Å². The molecule has 2 N–H and O–H groups in total. The molecule has 0 saturated carbocycles. The summed E-state index contributed by atoms with van der Waals surface area (Å²) in [6.45, 7) is 3.33. The van der Waals surface area contributed by atoms with Gasteiger partial charge < -0.3 is 14.9 Å². The van der Waals surface area contributed by atoms with Crippen LogP contribution in [0.1, 0.15) is 22.8 Å². The lowest BCUT2D eigenvalue weighted by Gasteiger charge is -2.06. The predicted octanol–water partition coefficient (Wildman–Crippen LogP) is 4.16. The molecule has 26 heavy (non-hydrogen) atoms. The van der Waals surface area contributed by atoms with Gasteiger partial charge in [0.2, 0.25) is 5.28 Å². The molecule has 1 amide bonds. The number of imidazole rings is 1. The van der Waals surface area contributed by atoms with Crippen molar-refractivity contribution >= 4 is 39.4 Å². The molecule has 5 nitrogen and oxygen atoms in total. The third-order valence-corrected chi connectivity index (χ3v) is 4.92. The summed E-state index contributed by atoms with van der Waals surface area (Å²) in [5, 5.41) is 4.62. The Balaban J connectivity index is 1.45. The number of hydrogen-bond donors (Lipinski definition) is 2. The smallest absolute Gasteiger partial charge is 0.251 e. The molecule has 0 aliphatic carbocycles. The number of halogens is 1. The number of hydrogen-bond acceptors (Lipinski definition) is 2. The molecule has 0 aliphatic rings. The Kier molecular flexibility index (Phi) is 4.39. The first-order chi connectivity index (χ1) is 12.7. The molecule has 2 aromatic carbocycles. The van der Waals surface area contributed by atoms with Crippen molar-refractivity contribution in [2.75, 3.05) is 6.54 Å². The zero-order chi connectivity index (χ0) is 18.1. The van der Waals surface area contributed by atoms with Crippen molar-refractivity contribution in [3.05, 3.63) is 65.1 Å². The Morgan fingerprint density at radius 1 is 1.27 bits per heavy atom. The van der Waals surface area contributed by atoms with Gasteiger partial charge >= 0.3 is 0 Å². The minimum Gasteiger partial charge on any atom is -0.361 e. The van der Waals surface area contributed by atoms with Gasteiger partial charge in [-0.15, -0.1) is 0 Å². The van der Waals surface area contributed by atoms with E-state index in [2.05, 4.69) is 21.4 Å². The van der Waals surface area contributed by atoms with Gasteiger partial charge in [-0.05, 0) is 54.8 Å². The highest BCUT2D eigenvalue weighted by Gasteiger charge is 2.12. The summed E-state index contributed by atoms with van der Waals surface area (Å²) in [5.41, 5.74) is 4.58. The van der Waals surface area contributed by atoms with E-state index in [1.165, 1.54) is 10.9 Å². The number of nitrogens with zero attached hydrogens (tertiary/aromatic N) is 2. The van der Waals surface area contributed by atoms with Crippen LogP contribution in [-0.4, -0.2) is 27.0 Å². The summed E-state index contributed by atoms with van der Waals surface area (Å²) >= 11 is 6.14. The van der Waals surface area contributed by atoms with E-state index in [0.29, 0.717) is 17.4 Å². The van der Waals surface area contributed by atoms with Crippen LogP contribution < -0.4 is 5.32 Å². The molecule has 0 atom stereocenters. The number of carbonyl (C=O) groups excluding carboxylic acids is 1. The van der Waals surface area contributed by atoms with Gasteiger partial charge in [0.15, 0.2) is 0 Å². The number of fused-ring (bicyclic) bond motifs is 2. The molecular weight excluding hydrogens is 348 g/mol. The lowest BCUT2D eigenvalue weighted by atomic mass is 10.1. The van der Waals surface area contributed by atoms with Crippen molar-refractivity contribution in [3.63, 3.8) is 0 Å². The zero-order valence-corrected chi connectivity index (χ0v) is 15.2. The highest BCUT2D eigenvalue weighted by atomic mass is 35.5. The van der Waals surface area contributed by atoms with Crippen molar-refractivity contribution < 1.29 is 4.79 Å². The van der Waals surface area contributed by atoms with Crippen LogP contribution in [0, 0.1) is 0 Å². The average Bonchev–Trinajstić information content (AvgIpc) is 3.21. The van der Waals surface area contributed by atoms with E-state index < -0.39 is 0 Å². The molecular formula is C20H19ClN4O. The second-order valence-electron chi connectivity index (χ2n) is 6.19. The van der Waals surface area contributed by atoms with Crippen LogP contribution in [-0.2, 0) is 13.0 Å². The fourth-order valence-corrected chi connectivity index (χ4v) is 3.60. The lowest BCUT2D eigenvalue weighted by molar-refractivity contribution is 0.0954.